The monoisotopic (exact) mass is 476 g/mol. The fourth-order valence-electron chi connectivity index (χ4n) is 4.02. The minimum Gasteiger partial charge on any atom is -0.381 e. The van der Waals surface area contributed by atoms with Crippen LogP contribution in [0.3, 0.4) is 0 Å². The second-order valence-corrected chi connectivity index (χ2v) is 11.4. The third-order valence-corrected chi connectivity index (χ3v) is 7.66. The summed E-state index contributed by atoms with van der Waals surface area (Å²) in [6.07, 6.45) is 1.36. The SMILES string of the molecule is CC(C)(C)c1ccc(S(=O)(=O)NCCC(=O)NCC2(c3cccc(F)c3)CCOCC2)cc1. The molecule has 6 nitrogen and oxygen atoms in total. The summed E-state index contributed by atoms with van der Waals surface area (Å²) in [6.45, 7) is 7.61. The summed E-state index contributed by atoms with van der Waals surface area (Å²) >= 11 is 0. The van der Waals surface area contributed by atoms with Crippen molar-refractivity contribution in [2.24, 2.45) is 0 Å². The molecule has 0 spiro atoms. The Morgan fingerprint density at radius 3 is 2.36 bits per heavy atom. The van der Waals surface area contributed by atoms with Gasteiger partial charge in [0.2, 0.25) is 15.9 Å². The van der Waals surface area contributed by atoms with E-state index in [1.165, 1.54) is 12.1 Å². The first-order valence-electron chi connectivity index (χ1n) is 11.2. The number of ether oxygens (including phenoxy) is 1. The highest BCUT2D eigenvalue weighted by Gasteiger charge is 2.35. The topological polar surface area (TPSA) is 84.5 Å². The molecule has 1 heterocycles. The Morgan fingerprint density at radius 1 is 1.09 bits per heavy atom. The quantitative estimate of drug-likeness (QED) is 0.609. The van der Waals surface area contributed by atoms with Crippen LogP contribution in [0.5, 0.6) is 0 Å². The Kier molecular flexibility index (Phi) is 7.92. The second kappa shape index (κ2) is 10.3. The maximum atomic E-state index is 13.8. The van der Waals surface area contributed by atoms with Crippen molar-refractivity contribution in [1.82, 2.24) is 10.0 Å². The zero-order valence-electron chi connectivity index (χ0n) is 19.5. The van der Waals surface area contributed by atoms with E-state index in [0.717, 1.165) is 11.1 Å². The van der Waals surface area contributed by atoms with Gasteiger partial charge in [0.25, 0.3) is 0 Å². The first kappa shape index (κ1) is 25.3. The predicted octanol–water partition coefficient (Wildman–Crippen LogP) is 3.66. The van der Waals surface area contributed by atoms with Crippen molar-refractivity contribution >= 4 is 15.9 Å². The van der Waals surface area contributed by atoms with Gasteiger partial charge in [0.1, 0.15) is 5.82 Å². The van der Waals surface area contributed by atoms with Gasteiger partial charge in [-0.3, -0.25) is 4.79 Å². The van der Waals surface area contributed by atoms with Gasteiger partial charge in [-0.15, -0.1) is 0 Å². The van der Waals surface area contributed by atoms with E-state index in [-0.39, 0.29) is 35.0 Å². The number of hydrogen-bond donors (Lipinski definition) is 2. The van der Waals surface area contributed by atoms with Crippen LogP contribution >= 0.6 is 0 Å². The molecule has 1 fully saturated rings. The van der Waals surface area contributed by atoms with Crippen LogP contribution in [-0.2, 0) is 30.4 Å². The molecule has 3 rings (SSSR count). The van der Waals surface area contributed by atoms with Gasteiger partial charge in [0.05, 0.1) is 4.90 Å². The highest BCUT2D eigenvalue weighted by Crippen LogP contribution is 2.34. The summed E-state index contributed by atoms with van der Waals surface area (Å²) in [5.74, 6) is -0.572. The maximum absolute atomic E-state index is 13.8. The van der Waals surface area contributed by atoms with E-state index < -0.39 is 15.4 Å². The van der Waals surface area contributed by atoms with Crippen LogP contribution in [0.25, 0.3) is 0 Å². The van der Waals surface area contributed by atoms with Crippen molar-refractivity contribution in [2.75, 3.05) is 26.3 Å². The Balaban J connectivity index is 1.55. The van der Waals surface area contributed by atoms with Crippen LogP contribution in [-0.4, -0.2) is 40.6 Å². The van der Waals surface area contributed by atoms with E-state index in [1.54, 1.807) is 30.3 Å². The molecule has 1 amide bonds. The van der Waals surface area contributed by atoms with E-state index in [4.69, 9.17) is 4.74 Å². The smallest absolute Gasteiger partial charge is 0.240 e. The number of carbonyl (C=O) groups is 1. The molecule has 1 aliphatic rings. The number of halogens is 1. The summed E-state index contributed by atoms with van der Waals surface area (Å²) in [5.41, 5.74) is 1.41. The summed E-state index contributed by atoms with van der Waals surface area (Å²) in [7, 11) is -3.70. The standard InChI is InChI=1S/C25H33FN2O4S/c1-24(2,3)19-7-9-22(10-8-19)33(30,31)28-14-11-23(29)27-18-25(12-15-32-16-13-25)20-5-4-6-21(26)17-20/h4-10,17,28H,11-16,18H2,1-3H3,(H,27,29). The fraction of sp³-hybridized carbons (Fsp3) is 0.480. The lowest BCUT2D eigenvalue weighted by atomic mass is 9.74. The average Bonchev–Trinajstić information content (AvgIpc) is 2.78. The molecule has 2 N–H and O–H groups in total. The van der Waals surface area contributed by atoms with Gasteiger partial charge in [-0.25, -0.2) is 17.5 Å². The van der Waals surface area contributed by atoms with Crippen molar-refractivity contribution in [3.05, 3.63) is 65.5 Å². The van der Waals surface area contributed by atoms with Crippen LogP contribution in [0, 0.1) is 5.82 Å². The lowest BCUT2D eigenvalue weighted by molar-refractivity contribution is -0.121. The molecule has 2 aromatic rings. The van der Waals surface area contributed by atoms with Crippen molar-refractivity contribution in [3.8, 4) is 0 Å². The van der Waals surface area contributed by atoms with Crippen LogP contribution < -0.4 is 10.0 Å². The van der Waals surface area contributed by atoms with Crippen LogP contribution in [0.15, 0.2) is 53.4 Å². The minimum atomic E-state index is -3.70. The first-order chi connectivity index (χ1) is 15.5. The molecule has 0 atom stereocenters. The van der Waals surface area contributed by atoms with Crippen LogP contribution in [0.2, 0.25) is 0 Å². The number of amides is 1. The average molecular weight is 477 g/mol. The molecule has 2 aromatic carbocycles. The molecule has 180 valence electrons. The molecule has 0 unspecified atom stereocenters. The molecule has 1 saturated heterocycles. The molecular formula is C25H33FN2O4S. The zero-order chi connectivity index (χ0) is 24.1. The zero-order valence-corrected chi connectivity index (χ0v) is 20.3. The molecule has 0 bridgehead atoms. The molecule has 1 aliphatic heterocycles. The molecule has 8 heteroatoms. The molecular weight excluding hydrogens is 443 g/mol. The summed E-state index contributed by atoms with van der Waals surface area (Å²) in [5, 5.41) is 2.91. The number of nitrogens with one attached hydrogen (secondary N) is 2. The molecule has 0 saturated carbocycles. The summed E-state index contributed by atoms with van der Waals surface area (Å²) in [6, 6.07) is 13.2. The van der Waals surface area contributed by atoms with Gasteiger partial charge in [-0.2, -0.15) is 0 Å². The molecule has 0 radical (unpaired) electrons. The Morgan fingerprint density at radius 2 is 1.76 bits per heavy atom. The maximum Gasteiger partial charge on any atom is 0.240 e. The van der Waals surface area contributed by atoms with Gasteiger partial charge in [0, 0.05) is 38.1 Å². The van der Waals surface area contributed by atoms with E-state index in [0.29, 0.717) is 32.6 Å². The van der Waals surface area contributed by atoms with E-state index >= 15 is 0 Å². The first-order valence-corrected chi connectivity index (χ1v) is 12.7. The largest absolute Gasteiger partial charge is 0.381 e. The number of rotatable bonds is 8. The third kappa shape index (κ3) is 6.62. The second-order valence-electron chi connectivity index (χ2n) is 9.60. The number of benzene rings is 2. The van der Waals surface area contributed by atoms with Gasteiger partial charge in [0.15, 0.2) is 0 Å². The highest BCUT2D eigenvalue weighted by molar-refractivity contribution is 7.89. The number of carbonyl (C=O) groups excluding carboxylic acids is 1. The summed E-state index contributed by atoms with van der Waals surface area (Å²) in [4.78, 5) is 12.6. The summed E-state index contributed by atoms with van der Waals surface area (Å²) < 4.78 is 46.9. The third-order valence-electron chi connectivity index (χ3n) is 6.19. The number of sulfonamides is 1. The molecule has 33 heavy (non-hydrogen) atoms. The highest BCUT2D eigenvalue weighted by atomic mass is 32.2. The van der Waals surface area contributed by atoms with Gasteiger partial charge in [-0.1, -0.05) is 45.0 Å². The Labute approximate surface area is 196 Å². The van der Waals surface area contributed by atoms with E-state index in [9.17, 15) is 17.6 Å². The predicted molar refractivity (Wildman–Crippen MR) is 126 cm³/mol. The van der Waals surface area contributed by atoms with Crippen molar-refractivity contribution < 1.29 is 22.3 Å². The van der Waals surface area contributed by atoms with E-state index in [2.05, 4.69) is 30.8 Å². The van der Waals surface area contributed by atoms with E-state index in [1.807, 2.05) is 6.07 Å². The van der Waals surface area contributed by atoms with Crippen molar-refractivity contribution in [2.45, 2.75) is 55.8 Å². The Bertz CT molecular complexity index is 1060. The lowest BCUT2D eigenvalue weighted by Crippen LogP contribution is -2.45. The molecule has 0 aliphatic carbocycles. The minimum absolute atomic E-state index is 0.00867. The van der Waals surface area contributed by atoms with Crippen LogP contribution in [0.4, 0.5) is 4.39 Å². The Hall–Kier alpha value is -2.29. The van der Waals surface area contributed by atoms with Crippen molar-refractivity contribution in [3.63, 3.8) is 0 Å². The van der Waals surface area contributed by atoms with Gasteiger partial charge < -0.3 is 10.1 Å². The normalized spacial score (nSPS) is 16.4. The number of hydrogen-bond acceptors (Lipinski definition) is 4. The van der Waals surface area contributed by atoms with Crippen LogP contribution in [0.1, 0.15) is 51.2 Å². The molecule has 0 aromatic heterocycles. The fourth-order valence-corrected chi connectivity index (χ4v) is 5.05. The van der Waals surface area contributed by atoms with Crippen molar-refractivity contribution in [1.29, 1.82) is 0 Å². The van der Waals surface area contributed by atoms with Gasteiger partial charge >= 0.3 is 0 Å². The lowest BCUT2D eigenvalue weighted by Gasteiger charge is -2.38. The van der Waals surface area contributed by atoms with Gasteiger partial charge in [-0.05, 0) is 53.6 Å².